The largest absolute Gasteiger partial charge is 0.507 e. The topological polar surface area (TPSA) is 102 Å². The van der Waals surface area contributed by atoms with Crippen molar-refractivity contribution in [2.24, 2.45) is 0 Å². The lowest BCUT2D eigenvalue weighted by atomic mass is 9.94. The Morgan fingerprint density at radius 2 is 2.03 bits per heavy atom. The Morgan fingerprint density at radius 1 is 1.21 bits per heavy atom. The van der Waals surface area contributed by atoms with Gasteiger partial charge in [-0.05, 0) is 55.3 Å². The summed E-state index contributed by atoms with van der Waals surface area (Å²) in [6.07, 6.45) is 0.745. The van der Waals surface area contributed by atoms with Crippen molar-refractivity contribution in [3.8, 4) is 11.5 Å². The van der Waals surface area contributed by atoms with Gasteiger partial charge in [-0.1, -0.05) is 23.5 Å². The molecule has 0 aliphatic carbocycles. The van der Waals surface area contributed by atoms with Crippen molar-refractivity contribution < 1.29 is 24.2 Å². The molecule has 0 spiro atoms. The summed E-state index contributed by atoms with van der Waals surface area (Å²) >= 11 is 1.20. The van der Waals surface area contributed by atoms with E-state index in [4.69, 9.17) is 9.47 Å². The molecule has 0 unspecified atom stereocenters. The third-order valence-corrected chi connectivity index (χ3v) is 6.58. The zero-order valence-electron chi connectivity index (χ0n) is 18.2. The van der Waals surface area contributed by atoms with Crippen molar-refractivity contribution >= 4 is 33.9 Å². The Balaban J connectivity index is 1.69. The number of amides is 1. The number of aliphatic hydroxyl groups excluding tert-OH is 1. The maximum atomic E-state index is 13.2. The van der Waals surface area contributed by atoms with E-state index in [0.29, 0.717) is 28.3 Å². The number of ketones is 1. The number of carbonyl (C=O) groups excluding carboxylic acids is 2. The fourth-order valence-electron chi connectivity index (χ4n) is 4.27. The number of anilines is 1. The molecule has 1 saturated heterocycles. The van der Waals surface area contributed by atoms with E-state index in [2.05, 4.69) is 10.2 Å². The van der Waals surface area contributed by atoms with E-state index in [1.165, 1.54) is 23.3 Å². The van der Waals surface area contributed by atoms with Crippen LogP contribution in [0.5, 0.6) is 11.5 Å². The first-order valence-electron chi connectivity index (χ1n) is 10.4. The van der Waals surface area contributed by atoms with Crippen molar-refractivity contribution in [2.45, 2.75) is 32.4 Å². The van der Waals surface area contributed by atoms with Gasteiger partial charge in [-0.25, -0.2) is 0 Å². The van der Waals surface area contributed by atoms with Crippen LogP contribution >= 0.6 is 11.3 Å². The third kappa shape index (κ3) is 3.54. The molecule has 0 saturated carbocycles. The van der Waals surface area contributed by atoms with Crippen molar-refractivity contribution in [1.82, 2.24) is 10.2 Å². The number of methoxy groups -OCH3 is 1. The number of aliphatic hydroxyl groups is 1. The van der Waals surface area contributed by atoms with E-state index in [1.54, 1.807) is 49.4 Å². The summed E-state index contributed by atoms with van der Waals surface area (Å²) in [5.41, 5.74) is 2.00. The number of carbonyl (C=O) groups is 2. The fraction of sp³-hybridized carbons (Fsp3) is 0.250. The molecule has 1 N–H and O–H groups in total. The molecule has 3 aromatic rings. The van der Waals surface area contributed by atoms with Crippen LogP contribution in [-0.4, -0.2) is 40.2 Å². The van der Waals surface area contributed by atoms with Gasteiger partial charge >= 0.3 is 5.91 Å². The van der Waals surface area contributed by atoms with Crippen LogP contribution in [0.4, 0.5) is 5.13 Å². The molecule has 1 fully saturated rings. The Bertz CT molecular complexity index is 1310. The highest BCUT2D eigenvalue weighted by atomic mass is 32.1. The van der Waals surface area contributed by atoms with E-state index in [9.17, 15) is 14.7 Å². The first kappa shape index (κ1) is 21.1. The first-order chi connectivity index (χ1) is 15.9. The maximum Gasteiger partial charge on any atom is 0.301 e. The van der Waals surface area contributed by atoms with Crippen molar-refractivity contribution in [1.29, 1.82) is 0 Å². The minimum atomic E-state index is -0.879. The third-order valence-electron chi connectivity index (χ3n) is 5.74. The number of Topliss-reactive ketones (excluding diaryl/α,β-unsaturated/α-hetero) is 1. The number of hydrogen-bond acceptors (Lipinski definition) is 8. The van der Waals surface area contributed by atoms with Crippen LogP contribution in [0.1, 0.15) is 34.7 Å². The van der Waals surface area contributed by atoms with Crippen molar-refractivity contribution in [3.05, 3.63) is 69.7 Å². The molecular formula is C24H21N3O5S. The van der Waals surface area contributed by atoms with Gasteiger partial charge in [-0.2, -0.15) is 0 Å². The monoisotopic (exact) mass is 463 g/mol. The van der Waals surface area contributed by atoms with Crippen molar-refractivity contribution in [2.75, 3.05) is 12.0 Å². The Kier molecular flexibility index (Phi) is 5.13. The molecule has 1 amide bonds. The number of rotatable bonds is 4. The summed E-state index contributed by atoms with van der Waals surface area (Å²) < 4.78 is 11.1. The molecule has 2 atom stereocenters. The zero-order valence-corrected chi connectivity index (χ0v) is 19.0. The number of aromatic nitrogens is 2. The Hall–Kier alpha value is -3.72. The fourth-order valence-corrected chi connectivity index (χ4v) is 4.98. The van der Waals surface area contributed by atoms with Gasteiger partial charge in [0.05, 0.1) is 18.7 Å². The molecule has 0 radical (unpaired) electrons. The molecule has 9 heteroatoms. The van der Waals surface area contributed by atoms with E-state index in [-0.39, 0.29) is 22.6 Å². The second-order valence-corrected chi connectivity index (χ2v) is 9.16. The average molecular weight is 464 g/mol. The average Bonchev–Trinajstić information content (AvgIpc) is 3.48. The summed E-state index contributed by atoms with van der Waals surface area (Å²) in [6, 6.07) is 11.5. The van der Waals surface area contributed by atoms with Gasteiger partial charge < -0.3 is 14.6 Å². The number of fused-ring (bicyclic) bond motifs is 1. The summed E-state index contributed by atoms with van der Waals surface area (Å²) in [7, 11) is 1.54. The predicted octanol–water partition coefficient (Wildman–Crippen LogP) is 3.80. The molecule has 8 nitrogen and oxygen atoms in total. The van der Waals surface area contributed by atoms with Gasteiger partial charge in [0, 0.05) is 12.0 Å². The summed E-state index contributed by atoms with van der Waals surface area (Å²) in [5, 5.41) is 20.4. The van der Waals surface area contributed by atoms with E-state index in [0.717, 1.165) is 11.3 Å². The summed E-state index contributed by atoms with van der Waals surface area (Å²) in [5.74, 6) is -0.465. The summed E-state index contributed by atoms with van der Waals surface area (Å²) in [6.45, 7) is 3.74. The van der Waals surface area contributed by atoms with Crippen LogP contribution in [-0.2, 0) is 16.0 Å². The lowest BCUT2D eigenvalue weighted by Gasteiger charge is -2.23. The lowest BCUT2D eigenvalue weighted by molar-refractivity contribution is -0.132. The molecule has 5 rings (SSSR count). The Morgan fingerprint density at radius 3 is 2.76 bits per heavy atom. The summed E-state index contributed by atoms with van der Waals surface area (Å²) in [4.78, 5) is 27.7. The molecule has 33 heavy (non-hydrogen) atoms. The number of nitrogens with zero attached hydrogens (tertiary/aromatic N) is 3. The standard InChI is InChI=1S/C24H21N3O5S/c1-12-9-16-10-15(7-8-18(16)32-12)21(28)19-20(14-5-4-6-17(11-14)31-3)27(23(30)22(19)29)24-26-25-13(2)33-24/h4-8,10-12,20,28H,9H2,1-3H3/t12-,20+/m1/s1. The van der Waals surface area contributed by atoms with Gasteiger partial charge in [0.25, 0.3) is 5.78 Å². The molecule has 3 heterocycles. The first-order valence-corrected chi connectivity index (χ1v) is 11.2. The predicted molar refractivity (Wildman–Crippen MR) is 123 cm³/mol. The van der Waals surface area contributed by atoms with Crippen LogP contribution in [0.2, 0.25) is 0 Å². The number of aryl methyl sites for hydroxylation is 1. The number of hydrogen-bond donors (Lipinski definition) is 1. The molecule has 2 aliphatic rings. The van der Waals surface area contributed by atoms with E-state index >= 15 is 0 Å². The van der Waals surface area contributed by atoms with Crippen molar-refractivity contribution in [3.63, 3.8) is 0 Å². The SMILES string of the molecule is COc1cccc([C@H]2C(=C(O)c3ccc4c(c3)C[C@@H](C)O4)C(=O)C(=O)N2c2nnc(C)s2)c1. The zero-order chi connectivity index (χ0) is 23.3. The molecular weight excluding hydrogens is 442 g/mol. The minimum absolute atomic E-state index is 0.00646. The highest BCUT2D eigenvalue weighted by Crippen LogP contribution is 2.44. The molecule has 168 valence electrons. The van der Waals surface area contributed by atoms with Gasteiger partial charge in [0.2, 0.25) is 5.13 Å². The highest BCUT2D eigenvalue weighted by molar-refractivity contribution is 7.15. The molecule has 2 aromatic carbocycles. The van der Waals surface area contributed by atoms with Gasteiger partial charge in [-0.3, -0.25) is 14.5 Å². The van der Waals surface area contributed by atoms with Crippen LogP contribution in [0.15, 0.2) is 48.0 Å². The lowest BCUT2D eigenvalue weighted by Crippen LogP contribution is -2.29. The number of ether oxygens (including phenoxy) is 2. The number of benzene rings is 2. The van der Waals surface area contributed by atoms with Gasteiger partial charge in [0.1, 0.15) is 28.4 Å². The normalized spacial score (nSPS) is 21.2. The quantitative estimate of drug-likeness (QED) is 0.357. The minimum Gasteiger partial charge on any atom is -0.507 e. The molecule has 2 aliphatic heterocycles. The van der Waals surface area contributed by atoms with Gasteiger partial charge in [0.15, 0.2) is 0 Å². The smallest absolute Gasteiger partial charge is 0.301 e. The molecule has 0 bridgehead atoms. The maximum absolute atomic E-state index is 13.2. The van der Waals surface area contributed by atoms with Gasteiger partial charge in [-0.15, -0.1) is 10.2 Å². The molecule has 1 aromatic heterocycles. The second kappa shape index (κ2) is 8.00. The van der Waals surface area contributed by atoms with Crippen LogP contribution < -0.4 is 14.4 Å². The second-order valence-electron chi connectivity index (χ2n) is 8.00. The Labute approximate surface area is 194 Å². The van der Waals surface area contributed by atoms with Crippen LogP contribution in [0, 0.1) is 6.92 Å². The van der Waals surface area contributed by atoms with Crippen LogP contribution in [0.25, 0.3) is 5.76 Å². The van der Waals surface area contributed by atoms with E-state index < -0.39 is 17.7 Å². The van der Waals surface area contributed by atoms with Crippen LogP contribution in [0.3, 0.4) is 0 Å². The van der Waals surface area contributed by atoms with E-state index in [1.807, 2.05) is 6.92 Å². The highest BCUT2D eigenvalue weighted by Gasteiger charge is 2.48.